The number of H-pyrrole nitrogens is 2. The third kappa shape index (κ3) is 3.16. The summed E-state index contributed by atoms with van der Waals surface area (Å²) in [6, 6.07) is 0. The van der Waals surface area contributed by atoms with Crippen LogP contribution in [-0.4, -0.2) is 32.9 Å². The molecule has 4 N–H and O–H groups in total. The summed E-state index contributed by atoms with van der Waals surface area (Å²) < 4.78 is 0. The molecule has 0 atom stereocenters. The van der Waals surface area contributed by atoms with Crippen LogP contribution in [-0.2, 0) is 0 Å². The highest BCUT2D eigenvalue weighted by Gasteiger charge is 2.19. The molecular formula is C10H16N4O3. The number of nitrogens with one attached hydrogen (secondary N) is 3. The third-order valence-electron chi connectivity index (χ3n) is 3.09. The first-order valence-electron chi connectivity index (χ1n) is 5.76. The Balaban J connectivity index is 1.89. The van der Waals surface area contributed by atoms with Gasteiger partial charge >= 0.3 is 5.69 Å². The molecule has 0 aliphatic heterocycles. The molecule has 0 radical (unpaired) electrons. The van der Waals surface area contributed by atoms with Crippen molar-refractivity contribution < 1.29 is 5.11 Å². The van der Waals surface area contributed by atoms with Gasteiger partial charge in [-0.1, -0.05) is 0 Å². The van der Waals surface area contributed by atoms with E-state index in [1.165, 1.54) is 0 Å². The standard InChI is InChI=1S/C10H16N4O3/c15-7-3-1-6(2-4-7)5-11-8-9(16)12-10(17)14-13-8/h6-7,15H,1-5H2,(H,11,13)(H2,12,14,16,17). The lowest BCUT2D eigenvalue weighted by molar-refractivity contribution is 0.111. The van der Waals surface area contributed by atoms with Crippen LogP contribution in [0.2, 0.25) is 0 Å². The number of aliphatic hydroxyl groups excluding tert-OH is 1. The largest absolute Gasteiger partial charge is 0.393 e. The molecule has 0 saturated heterocycles. The predicted molar refractivity (Wildman–Crippen MR) is 61.9 cm³/mol. The molecule has 0 amide bonds. The summed E-state index contributed by atoms with van der Waals surface area (Å²) >= 11 is 0. The maximum atomic E-state index is 11.3. The van der Waals surface area contributed by atoms with Gasteiger partial charge in [0.05, 0.1) is 6.10 Å². The van der Waals surface area contributed by atoms with Gasteiger partial charge in [-0.2, -0.15) is 0 Å². The van der Waals surface area contributed by atoms with E-state index in [0.717, 1.165) is 25.7 Å². The first-order chi connectivity index (χ1) is 8.15. The summed E-state index contributed by atoms with van der Waals surface area (Å²) in [6.07, 6.45) is 3.31. The van der Waals surface area contributed by atoms with Gasteiger partial charge in [0.2, 0.25) is 5.82 Å². The number of aliphatic hydroxyl groups is 1. The van der Waals surface area contributed by atoms with Crippen molar-refractivity contribution in [3.63, 3.8) is 0 Å². The van der Waals surface area contributed by atoms with Crippen LogP contribution in [0.25, 0.3) is 0 Å². The van der Waals surface area contributed by atoms with Crippen molar-refractivity contribution in [1.29, 1.82) is 0 Å². The molecule has 94 valence electrons. The van der Waals surface area contributed by atoms with Gasteiger partial charge in [-0.15, -0.1) is 5.10 Å². The van der Waals surface area contributed by atoms with Crippen molar-refractivity contribution in [2.45, 2.75) is 31.8 Å². The number of aromatic nitrogens is 3. The summed E-state index contributed by atoms with van der Waals surface area (Å²) in [6.45, 7) is 0.634. The Morgan fingerprint density at radius 3 is 2.65 bits per heavy atom. The van der Waals surface area contributed by atoms with Gasteiger partial charge in [0.15, 0.2) is 0 Å². The zero-order chi connectivity index (χ0) is 12.3. The Kier molecular flexibility index (Phi) is 3.58. The fourth-order valence-corrected chi connectivity index (χ4v) is 2.06. The van der Waals surface area contributed by atoms with Crippen molar-refractivity contribution in [3.05, 3.63) is 20.8 Å². The van der Waals surface area contributed by atoms with Crippen molar-refractivity contribution in [2.75, 3.05) is 11.9 Å². The molecule has 17 heavy (non-hydrogen) atoms. The second kappa shape index (κ2) is 5.13. The van der Waals surface area contributed by atoms with Gasteiger partial charge in [-0.3, -0.25) is 9.78 Å². The molecule has 0 aromatic carbocycles. The molecule has 2 rings (SSSR count). The second-order valence-electron chi connectivity index (χ2n) is 4.41. The Labute approximate surface area is 97.3 Å². The van der Waals surface area contributed by atoms with E-state index >= 15 is 0 Å². The van der Waals surface area contributed by atoms with Crippen LogP contribution in [0.3, 0.4) is 0 Å². The zero-order valence-electron chi connectivity index (χ0n) is 9.40. The third-order valence-corrected chi connectivity index (χ3v) is 3.09. The topological polar surface area (TPSA) is 111 Å². The highest BCUT2D eigenvalue weighted by molar-refractivity contribution is 5.28. The molecule has 7 heteroatoms. The van der Waals surface area contributed by atoms with Crippen LogP contribution in [0.4, 0.5) is 5.82 Å². The molecular weight excluding hydrogens is 224 g/mol. The summed E-state index contributed by atoms with van der Waals surface area (Å²) in [5.41, 5.74) is -1.12. The summed E-state index contributed by atoms with van der Waals surface area (Å²) in [7, 11) is 0. The van der Waals surface area contributed by atoms with E-state index in [0.29, 0.717) is 12.5 Å². The lowest BCUT2D eigenvalue weighted by Gasteiger charge is -2.25. The fourth-order valence-electron chi connectivity index (χ4n) is 2.06. The van der Waals surface area contributed by atoms with E-state index in [2.05, 4.69) is 20.5 Å². The number of anilines is 1. The Bertz CT molecular complexity index is 473. The number of aromatic amines is 2. The van der Waals surface area contributed by atoms with Crippen LogP contribution in [0.15, 0.2) is 9.59 Å². The number of nitrogens with zero attached hydrogens (tertiary/aromatic N) is 1. The predicted octanol–water partition coefficient (Wildman–Crippen LogP) is -0.579. The van der Waals surface area contributed by atoms with E-state index in [-0.39, 0.29) is 11.9 Å². The molecule has 1 saturated carbocycles. The molecule has 1 aliphatic rings. The van der Waals surface area contributed by atoms with E-state index < -0.39 is 11.2 Å². The molecule has 1 aromatic heterocycles. The van der Waals surface area contributed by atoms with Crippen LogP contribution in [0, 0.1) is 5.92 Å². The van der Waals surface area contributed by atoms with Gasteiger partial charge < -0.3 is 10.4 Å². The minimum absolute atomic E-state index is 0.135. The molecule has 0 spiro atoms. The lowest BCUT2D eigenvalue weighted by atomic mass is 9.87. The molecule has 1 fully saturated rings. The lowest BCUT2D eigenvalue weighted by Crippen LogP contribution is -2.30. The van der Waals surface area contributed by atoms with Crippen LogP contribution < -0.4 is 16.6 Å². The van der Waals surface area contributed by atoms with E-state index in [4.69, 9.17) is 0 Å². The Morgan fingerprint density at radius 2 is 2.00 bits per heavy atom. The van der Waals surface area contributed by atoms with Gasteiger partial charge in [-0.05, 0) is 31.6 Å². The van der Waals surface area contributed by atoms with Crippen molar-refractivity contribution in [2.24, 2.45) is 5.92 Å². The van der Waals surface area contributed by atoms with Gasteiger partial charge in [0, 0.05) is 6.54 Å². The van der Waals surface area contributed by atoms with E-state index in [9.17, 15) is 14.7 Å². The number of hydrogen-bond donors (Lipinski definition) is 4. The maximum absolute atomic E-state index is 11.3. The zero-order valence-corrected chi connectivity index (χ0v) is 9.40. The summed E-state index contributed by atoms with van der Waals surface area (Å²) in [5.74, 6) is 0.572. The normalized spacial score (nSPS) is 24.5. The maximum Gasteiger partial charge on any atom is 0.342 e. The average molecular weight is 240 g/mol. The Hall–Kier alpha value is -1.63. The molecule has 0 unspecified atom stereocenters. The Morgan fingerprint density at radius 1 is 1.29 bits per heavy atom. The second-order valence-corrected chi connectivity index (χ2v) is 4.41. The monoisotopic (exact) mass is 240 g/mol. The quantitative estimate of drug-likeness (QED) is 0.565. The van der Waals surface area contributed by atoms with Gasteiger partial charge in [0.1, 0.15) is 0 Å². The smallest absolute Gasteiger partial charge is 0.342 e. The minimum Gasteiger partial charge on any atom is -0.393 e. The van der Waals surface area contributed by atoms with E-state index in [1.54, 1.807) is 0 Å². The minimum atomic E-state index is -0.610. The fraction of sp³-hybridized carbons (Fsp3) is 0.700. The first kappa shape index (κ1) is 11.8. The SMILES string of the molecule is O=c1[nH]nc(NCC2CCC(O)CC2)c(=O)[nH]1. The molecule has 0 bridgehead atoms. The highest BCUT2D eigenvalue weighted by atomic mass is 16.3. The number of rotatable bonds is 3. The van der Waals surface area contributed by atoms with Gasteiger partial charge in [0.25, 0.3) is 5.56 Å². The summed E-state index contributed by atoms with van der Waals surface area (Å²) in [4.78, 5) is 24.2. The van der Waals surface area contributed by atoms with E-state index in [1.807, 2.05) is 0 Å². The number of hydrogen-bond acceptors (Lipinski definition) is 5. The first-order valence-corrected chi connectivity index (χ1v) is 5.76. The van der Waals surface area contributed by atoms with Crippen molar-refractivity contribution >= 4 is 5.82 Å². The molecule has 1 heterocycles. The van der Waals surface area contributed by atoms with Crippen LogP contribution >= 0.6 is 0 Å². The van der Waals surface area contributed by atoms with Crippen molar-refractivity contribution in [1.82, 2.24) is 15.2 Å². The van der Waals surface area contributed by atoms with Crippen LogP contribution in [0.5, 0.6) is 0 Å². The van der Waals surface area contributed by atoms with Crippen molar-refractivity contribution in [3.8, 4) is 0 Å². The molecule has 1 aromatic rings. The highest BCUT2D eigenvalue weighted by Crippen LogP contribution is 2.23. The van der Waals surface area contributed by atoms with Crippen LogP contribution in [0.1, 0.15) is 25.7 Å². The average Bonchev–Trinajstić information content (AvgIpc) is 2.30. The molecule has 7 nitrogen and oxygen atoms in total. The summed E-state index contributed by atoms with van der Waals surface area (Å²) in [5, 5.41) is 18.1. The van der Waals surface area contributed by atoms with Gasteiger partial charge in [-0.25, -0.2) is 9.89 Å². The molecule has 1 aliphatic carbocycles.